The molecule has 6 heteroatoms. The molecule has 0 aliphatic rings. The topological polar surface area (TPSA) is 70.8 Å². The van der Waals surface area contributed by atoms with E-state index in [1.165, 1.54) is 0 Å². The van der Waals surface area contributed by atoms with Gasteiger partial charge in [-0.15, -0.1) is 0 Å². The molecule has 0 aliphatic carbocycles. The van der Waals surface area contributed by atoms with Crippen LogP contribution in [-0.2, 0) is 5.75 Å². The summed E-state index contributed by atoms with van der Waals surface area (Å²) in [5.74, 6) is 2.14. The van der Waals surface area contributed by atoms with E-state index in [-0.39, 0.29) is 0 Å². The third-order valence-electron chi connectivity index (χ3n) is 3.99. The first-order valence-electron chi connectivity index (χ1n) is 9.06. The van der Waals surface area contributed by atoms with Crippen molar-refractivity contribution in [2.75, 3.05) is 11.9 Å². The highest BCUT2D eigenvalue weighted by Gasteiger charge is 2.09. The SMILES string of the molecule is CC(C)COc1ccc(-c2ccnc(Nc3cccc(CS)c3)n2)cc1C#N. The third kappa shape index (κ3) is 5.02. The number of hydrogen-bond donors (Lipinski definition) is 2. The molecule has 3 rings (SSSR count). The number of rotatable bonds is 7. The van der Waals surface area contributed by atoms with Crippen molar-refractivity contribution in [1.82, 2.24) is 9.97 Å². The van der Waals surface area contributed by atoms with Gasteiger partial charge < -0.3 is 10.1 Å². The molecular weight excluding hydrogens is 368 g/mol. The molecule has 142 valence electrons. The summed E-state index contributed by atoms with van der Waals surface area (Å²) in [6, 6.07) is 17.5. The van der Waals surface area contributed by atoms with Crippen molar-refractivity contribution >= 4 is 24.3 Å². The van der Waals surface area contributed by atoms with Gasteiger partial charge in [0.1, 0.15) is 11.8 Å². The summed E-state index contributed by atoms with van der Waals surface area (Å²) in [5, 5.41) is 12.7. The van der Waals surface area contributed by atoms with Gasteiger partial charge in [0.25, 0.3) is 0 Å². The van der Waals surface area contributed by atoms with Gasteiger partial charge in [-0.05, 0) is 47.9 Å². The van der Waals surface area contributed by atoms with Crippen molar-refractivity contribution in [1.29, 1.82) is 5.26 Å². The van der Waals surface area contributed by atoms with E-state index in [1.807, 2.05) is 42.5 Å². The van der Waals surface area contributed by atoms with E-state index in [0.29, 0.717) is 35.5 Å². The Bertz CT molecular complexity index is 998. The summed E-state index contributed by atoms with van der Waals surface area (Å²) in [6.45, 7) is 4.71. The Hall–Kier alpha value is -3.04. The van der Waals surface area contributed by atoms with E-state index in [1.54, 1.807) is 12.3 Å². The molecule has 3 aromatic rings. The van der Waals surface area contributed by atoms with Crippen LogP contribution in [0.4, 0.5) is 11.6 Å². The molecule has 0 saturated carbocycles. The minimum absolute atomic E-state index is 0.391. The lowest BCUT2D eigenvalue weighted by atomic mass is 10.1. The van der Waals surface area contributed by atoms with Crippen LogP contribution < -0.4 is 10.1 Å². The molecule has 0 spiro atoms. The molecule has 0 fully saturated rings. The minimum Gasteiger partial charge on any atom is -0.492 e. The molecule has 0 saturated heterocycles. The lowest BCUT2D eigenvalue weighted by Gasteiger charge is -2.11. The molecule has 2 aromatic carbocycles. The molecule has 5 nitrogen and oxygen atoms in total. The molecule has 0 atom stereocenters. The van der Waals surface area contributed by atoms with Crippen LogP contribution in [0.2, 0.25) is 0 Å². The Labute approximate surface area is 170 Å². The van der Waals surface area contributed by atoms with Gasteiger partial charge in [-0.25, -0.2) is 9.97 Å². The summed E-state index contributed by atoms with van der Waals surface area (Å²) in [5.41, 5.74) is 4.07. The zero-order chi connectivity index (χ0) is 19.9. The number of nitrogens with zero attached hydrogens (tertiary/aromatic N) is 3. The Morgan fingerprint density at radius 2 is 2.04 bits per heavy atom. The molecule has 1 aromatic heterocycles. The van der Waals surface area contributed by atoms with Crippen LogP contribution >= 0.6 is 12.6 Å². The predicted molar refractivity (Wildman–Crippen MR) is 115 cm³/mol. The number of anilines is 2. The molecule has 0 aliphatic heterocycles. The van der Waals surface area contributed by atoms with Gasteiger partial charge >= 0.3 is 0 Å². The summed E-state index contributed by atoms with van der Waals surface area (Å²) in [7, 11) is 0. The van der Waals surface area contributed by atoms with Gasteiger partial charge in [-0.1, -0.05) is 26.0 Å². The number of hydrogen-bond acceptors (Lipinski definition) is 6. The number of ether oxygens (including phenoxy) is 1. The molecule has 1 N–H and O–H groups in total. The Morgan fingerprint density at radius 1 is 1.18 bits per heavy atom. The van der Waals surface area contributed by atoms with E-state index >= 15 is 0 Å². The van der Waals surface area contributed by atoms with Crippen molar-refractivity contribution in [2.45, 2.75) is 19.6 Å². The Morgan fingerprint density at radius 3 is 2.79 bits per heavy atom. The molecule has 1 heterocycles. The van der Waals surface area contributed by atoms with Crippen molar-refractivity contribution in [2.24, 2.45) is 5.92 Å². The summed E-state index contributed by atoms with van der Waals surface area (Å²) in [4.78, 5) is 8.88. The van der Waals surface area contributed by atoms with Crippen LogP contribution in [0.3, 0.4) is 0 Å². The Kier molecular flexibility index (Phi) is 6.51. The van der Waals surface area contributed by atoms with Crippen molar-refractivity contribution < 1.29 is 4.74 Å². The number of thiol groups is 1. The van der Waals surface area contributed by atoms with Crippen molar-refractivity contribution in [3.8, 4) is 23.1 Å². The number of aromatic nitrogens is 2. The number of benzene rings is 2. The van der Waals surface area contributed by atoms with E-state index in [9.17, 15) is 5.26 Å². The second-order valence-electron chi connectivity index (χ2n) is 6.78. The quantitative estimate of drug-likeness (QED) is 0.541. The fourth-order valence-corrected chi connectivity index (χ4v) is 2.81. The first-order chi connectivity index (χ1) is 13.6. The molecule has 0 bridgehead atoms. The van der Waals surface area contributed by atoms with Crippen molar-refractivity contribution in [3.63, 3.8) is 0 Å². The van der Waals surface area contributed by atoms with Gasteiger partial charge in [0, 0.05) is 23.2 Å². The first kappa shape index (κ1) is 19.7. The van der Waals surface area contributed by atoms with Crippen LogP contribution in [0.5, 0.6) is 5.75 Å². The van der Waals surface area contributed by atoms with Crippen LogP contribution in [0, 0.1) is 17.2 Å². The zero-order valence-electron chi connectivity index (χ0n) is 15.9. The smallest absolute Gasteiger partial charge is 0.227 e. The minimum atomic E-state index is 0.391. The van der Waals surface area contributed by atoms with Gasteiger partial charge in [0.2, 0.25) is 5.95 Å². The standard InChI is InChI=1S/C22H22N4OS/c1-15(2)13-27-21-7-6-17(11-18(21)12-23)20-8-9-24-22(26-20)25-19-5-3-4-16(10-19)14-28/h3-11,15,28H,13-14H2,1-2H3,(H,24,25,26). The van der Waals surface area contributed by atoms with Gasteiger partial charge in [-0.2, -0.15) is 17.9 Å². The molecule has 28 heavy (non-hydrogen) atoms. The van der Waals surface area contributed by atoms with Gasteiger partial charge in [-0.3, -0.25) is 0 Å². The van der Waals surface area contributed by atoms with Crippen molar-refractivity contribution in [3.05, 3.63) is 65.9 Å². The molecule has 0 amide bonds. The van der Waals surface area contributed by atoms with Crippen LogP contribution in [0.15, 0.2) is 54.7 Å². The largest absolute Gasteiger partial charge is 0.492 e. The number of nitrogens with one attached hydrogen (secondary N) is 1. The number of nitriles is 1. The highest BCUT2D eigenvalue weighted by molar-refractivity contribution is 7.79. The zero-order valence-corrected chi connectivity index (χ0v) is 16.8. The summed E-state index contributed by atoms with van der Waals surface area (Å²) >= 11 is 4.31. The summed E-state index contributed by atoms with van der Waals surface area (Å²) < 4.78 is 5.73. The third-order valence-corrected chi connectivity index (χ3v) is 4.35. The molecular formula is C22H22N4OS. The summed E-state index contributed by atoms with van der Waals surface area (Å²) in [6.07, 6.45) is 1.70. The normalized spacial score (nSPS) is 10.5. The maximum atomic E-state index is 9.47. The lowest BCUT2D eigenvalue weighted by molar-refractivity contribution is 0.270. The first-order valence-corrected chi connectivity index (χ1v) is 9.69. The average molecular weight is 391 g/mol. The van der Waals surface area contributed by atoms with E-state index < -0.39 is 0 Å². The molecule has 0 radical (unpaired) electrons. The van der Waals surface area contributed by atoms with Crippen LogP contribution in [0.1, 0.15) is 25.0 Å². The predicted octanol–water partition coefficient (Wildman–Crippen LogP) is 5.22. The fraction of sp³-hybridized carbons (Fsp3) is 0.227. The monoisotopic (exact) mass is 390 g/mol. The van der Waals surface area contributed by atoms with Crippen LogP contribution in [0.25, 0.3) is 11.3 Å². The van der Waals surface area contributed by atoms with Gasteiger partial charge in [0.15, 0.2) is 0 Å². The highest BCUT2D eigenvalue weighted by atomic mass is 32.1. The van der Waals surface area contributed by atoms with Crippen LogP contribution in [-0.4, -0.2) is 16.6 Å². The lowest BCUT2D eigenvalue weighted by Crippen LogP contribution is -2.05. The Balaban J connectivity index is 1.84. The van der Waals surface area contributed by atoms with E-state index in [0.717, 1.165) is 22.5 Å². The second-order valence-corrected chi connectivity index (χ2v) is 7.09. The van der Waals surface area contributed by atoms with E-state index in [4.69, 9.17) is 4.74 Å². The fourth-order valence-electron chi connectivity index (χ4n) is 2.62. The second kappa shape index (κ2) is 9.25. The molecule has 0 unspecified atom stereocenters. The maximum Gasteiger partial charge on any atom is 0.227 e. The van der Waals surface area contributed by atoms with Gasteiger partial charge in [0.05, 0.1) is 17.9 Å². The highest BCUT2D eigenvalue weighted by Crippen LogP contribution is 2.26. The maximum absolute atomic E-state index is 9.47. The average Bonchev–Trinajstić information content (AvgIpc) is 2.72. The van der Waals surface area contributed by atoms with E-state index in [2.05, 4.69) is 47.8 Å².